The third kappa shape index (κ3) is 4.91. The number of piperidine rings is 1. The summed E-state index contributed by atoms with van der Waals surface area (Å²) in [5.74, 6) is 0.747. The maximum absolute atomic E-state index is 12.6. The van der Waals surface area contributed by atoms with Crippen LogP contribution in [0, 0.1) is 5.92 Å². The molecule has 1 aromatic carbocycles. The second kappa shape index (κ2) is 9.08. The molecule has 0 bridgehead atoms. The highest BCUT2D eigenvalue weighted by Crippen LogP contribution is 2.28. The van der Waals surface area contributed by atoms with Crippen LogP contribution < -0.4 is 15.4 Å². The monoisotopic (exact) mass is 374 g/mol. The topological polar surface area (TPSA) is 79.1 Å². The molecule has 2 saturated heterocycles. The number of hydrogen-bond acceptors (Lipinski definition) is 5. The number of hydrogen-bond donors (Lipinski definition) is 1. The van der Waals surface area contributed by atoms with Gasteiger partial charge in [0, 0.05) is 45.2 Å². The summed E-state index contributed by atoms with van der Waals surface area (Å²) >= 11 is 0. The first kappa shape index (κ1) is 19.5. The van der Waals surface area contributed by atoms with E-state index in [0.717, 1.165) is 37.6 Å². The second-order valence-corrected chi connectivity index (χ2v) is 7.22. The number of para-hydroxylation sites is 2. The smallest absolute Gasteiger partial charge is 0.236 e. The van der Waals surface area contributed by atoms with Crippen molar-refractivity contribution in [2.45, 2.75) is 19.8 Å². The minimum absolute atomic E-state index is 0.0806. The highest BCUT2D eigenvalue weighted by molar-refractivity contribution is 5.80. The molecular weight excluding hydrogens is 344 g/mol. The van der Waals surface area contributed by atoms with Gasteiger partial charge in [-0.05, 0) is 31.9 Å². The van der Waals surface area contributed by atoms with Gasteiger partial charge >= 0.3 is 0 Å². The lowest BCUT2D eigenvalue weighted by Crippen LogP contribution is -2.51. The van der Waals surface area contributed by atoms with Crippen LogP contribution in [-0.4, -0.2) is 74.0 Å². The summed E-state index contributed by atoms with van der Waals surface area (Å²) in [4.78, 5) is 30.2. The fourth-order valence-corrected chi connectivity index (χ4v) is 3.85. The van der Waals surface area contributed by atoms with Crippen LogP contribution in [0.2, 0.25) is 0 Å². The predicted octanol–water partition coefficient (Wildman–Crippen LogP) is 0.931. The van der Waals surface area contributed by atoms with Gasteiger partial charge in [-0.3, -0.25) is 14.5 Å². The molecule has 7 nitrogen and oxygen atoms in total. The molecule has 27 heavy (non-hydrogen) atoms. The standard InChI is InChI=1S/C20H30N4O3/c1-2-27-18-6-4-3-5-17(18)23-13-11-22(12-14-23)15-19(25)24-9-7-16(8-10-24)20(21)26/h3-6,16H,2,7-15H2,1H3,(H2,21,26). The molecule has 0 radical (unpaired) electrons. The minimum atomic E-state index is -0.245. The number of amides is 2. The molecule has 2 aliphatic heterocycles. The zero-order chi connectivity index (χ0) is 19.2. The molecule has 0 aliphatic carbocycles. The van der Waals surface area contributed by atoms with Crippen LogP contribution in [0.3, 0.4) is 0 Å². The molecule has 3 rings (SSSR count). The summed E-state index contributed by atoms with van der Waals surface area (Å²) in [7, 11) is 0. The number of piperazine rings is 1. The second-order valence-electron chi connectivity index (χ2n) is 7.22. The van der Waals surface area contributed by atoms with Crippen molar-refractivity contribution in [1.29, 1.82) is 0 Å². The number of likely N-dealkylation sites (tertiary alicyclic amines) is 1. The number of carbonyl (C=O) groups excluding carboxylic acids is 2. The molecule has 148 valence electrons. The van der Waals surface area contributed by atoms with Crippen LogP contribution in [0.15, 0.2) is 24.3 Å². The molecular formula is C20H30N4O3. The summed E-state index contributed by atoms with van der Waals surface area (Å²) in [6.07, 6.45) is 1.37. The minimum Gasteiger partial charge on any atom is -0.492 e. The van der Waals surface area contributed by atoms with Crippen LogP contribution >= 0.6 is 0 Å². The summed E-state index contributed by atoms with van der Waals surface area (Å²) in [5.41, 5.74) is 6.49. The van der Waals surface area contributed by atoms with Gasteiger partial charge < -0.3 is 20.3 Å². The Bertz CT molecular complexity index is 650. The normalized spacial score (nSPS) is 19.1. The Labute approximate surface area is 161 Å². The maximum Gasteiger partial charge on any atom is 0.236 e. The maximum atomic E-state index is 12.6. The van der Waals surface area contributed by atoms with Crippen LogP contribution in [0.5, 0.6) is 5.75 Å². The largest absolute Gasteiger partial charge is 0.492 e. The Morgan fingerprint density at radius 2 is 1.74 bits per heavy atom. The number of ether oxygens (including phenoxy) is 1. The van der Waals surface area contributed by atoms with E-state index in [1.165, 1.54) is 0 Å². The zero-order valence-electron chi connectivity index (χ0n) is 16.1. The van der Waals surface area contributed by atoms with Crippen LogP contribution in [-0.2, 0) is 9.59 Å². The van der Waals surface area contributed by atoms with Gasteiger partial charge in [0.15, 0.2) is 0 Å². The molecule has 7 heteroatoms. The third-order valence-electron chi connectivity index (χ3n) is 5.49. The number of carbonyl (C=O) groups is 2. The quantitative estimate of drug-likeness (QED) is 0.801. The van der Waals surface area contributed by atoms with Gasteiger partial charge in [-0.25, -0.2) is 0 Å². The fourth-order valence-electron chi connectivity index (χ4n) is 3.85. The van der Waals surface area contributed by atoms with E-state index < -0.39 is 0 Å². The van der Waals surface area contributed by atoms with Crippen molar-refractivity contribution in [3.63, 3.8) is 0 Å². The number of anilines is 1. The van der Waals surface area contributed by atoms with Crippen LogP contribution in [0.1, 0.15) is 19.8 Å². The third-order valence-corrected chi connectivity index (χ3v) is 5.49. The molecule has 2 aliphatic rings. The van der Waals surface area contributed by atoms with Crippen molar-refractivity contribution in [2.24, 2.45) is 11.7 Å². The summed E-state index contributed by atoms with van der Waals surface area (Å²) < 4.78 is 5.74. The zero-order valence-corrected chi connectivity index (χ0v) is 16.1. The number of nitrogens with zero attached hydrogens (tertiary/aromatic N) is 3. The van der Waals surface area contributed by atoms with E-state index in [2.05, 4.69) is 15.9 Å². The molecule has 0 aromatic heterocycles. The van der Waals surface area contributed by atoms with Gasteiger partial charge in [0.25, 0.3) is 0 Å². The van der Waals surface area contributed by atoms with Crippen molar-refractivity contribution in [3.8, 4) is 5.75 Å². The van der Waals surface area contributed by atoms with E-state index in [1.807, 2.05) is 30.0 Å². The van der Waals surface area contributed by atoms with Gasteiger partial charge in [-0.1, -0.05) is 12.1 Å². The van der Waals surface area contributed by atoms with E-state index in [9.17, 15) is 9.59 Å². The SMILES string of the molecule is CCOc1ccccc1N1CCN(CC(=O)N2CCC(C(N)=O)CC2)CC1. The Morgan fingerprint density at radius 1 is 1.07 bits per heavy atom. The Kier molecular flexibility index (Phi) is 6.55. The Balaban J connectivity index is 1.47. The van der Waals surface area contributed by atoms with Crippen molar-refractivity contribution in [3.05, 3.63) is 24.3 Å². The van der Waals surface area contributed by atoms with Gasteiger partial charge in [0.2, 0.25) is 11.8 Å². The highest BCUT2D eigenvalue weighted by atomic mass is 16.5. The predicted molar refractivity (Wildman–Crippen MR) is 105 cm³/mol. The van der Waals surface area contributed by atoms with E-state index in [4.69, 9.17) is 10.5 Å². The molecule has 1 aromatic rings. The average Bonchev–Trinajstić information content (AvgIpc) is 2.69. The Morgan fingerprint density at radius 3 is 2.37 bits per heavy atom. The molecule has 0 saturated carbocycles. The summed E-state index contributed by atoms with van der Waals surface area (Å²) in [5, 5.41) is 0. The van der Waals surface area contributed by atoms with Crippen LogP contribution in [0.25, 0.3) is 0 Å². The molecule has 2 N–H and O–H groups in total. The molecule has 2 heterocycles. The van der Waals surface area contributed by atoms with Gasteiger partial charge in [-0.2, -0.15) is 0 Å². The number of benzene rings is 1. The lowest BCUT2D eigenvalue weighted by molar-refractivity contribution is -0.136. The first-order valence-electron chi connectivity index (χ1n) is 9.84. The molecule has 2 amide bonds. The number of nitrogens with two attached hydrogens (primary N) is 1. The van der Waals surface area contributed by atoms with Crippen LogP contribution in [0.4, 0.5) is 5.69 Å². The van der Waals surface area contributed by atoms with E-state index in [1.54, 1.807) is 0 Å². The van der Waals surface area contributed by atoms with Gasteiger partial charge in [0.1, 0.15) is 5.75 Å². The van der Waals surface area contributed by atoms with E-state index in [0.29, 0.717) is 39.1 Å². The van der Waals surface area contributed by atoms with Crippen molar-refractivity contribution in [2.75, 3.05) is 57.3 Å². The van der Waals surface area contributed by atoms with Crippen molar-refractivity contribution >= 4 is 17.5 Å². The average molecular weight is 374 g/mol. The highest BCUT2D eigenvalue weighted by Gasteiger charge is 2.28. The lowest BCUT2D eigenvalue weighted by atomic mass is 9.96. The van der Waals surface area contributed by atoms with E-state index in [-0.39, 0.29) is 17.7 Å². The first-order valence-corrected chi connectivity index (χ1v) is 9.84. The van der Waals surface area contributed by atoms with E-state index >= 15 is 0 Å². The number of primary amides is 1. The van der Waals surface area contributed by atoms with Crippen molar-refractivity contribution < 1.29 is 14.3 Å². The summed E-state index contributed by atoms with van der Waals surface area (Å²) in [6.45, 7) is 7.81. The van der Waals surface area contributed by atoms with Gasteiger partial charge in [-0.15, -0.1) is 0 Å². The molecule has 0 unspecified atom stereocenters. The molecule has 0 spiro atoms. The number of rotatable bonds is 6. The Hall–Kier alpha value is -2.28. The lowest BCUT2D eigenvalue weighted by Gasteiger charge is -2.38. The molecule has 0 atom stereocenters. The summed E-state index contributed by atoms with van der Waals surface area (Å²) in [6, 6.07) is 8.12. The first-order chi connectivity index (χ1) is 13.1. The fraction of sp³-hybridized carbons (Fsp3) is 0.600. The van der Waals surface area contributed by atoms with Gasteiger partial charge in [0.05, 0.1) is 18.8 Å². The van der Waals surface area contributed by atoms with Crippen molar-refractivity contribution in [1.82, 2.24) is 9.80 Å². The molecule has 2 fully saturated rings.